The van der Waals surface area contributed by atoms with Gasteiger partial charge in [0.1, 0.15) is 11.1 Å². The van der Waals surface area contributed by atoms with Gasteiger partial charge in [0.15, 0.2) is 23.3 Å². The molecule has 0 saturated carbocycles. The number of halogens is 4. The third-order valence-corrected chi connectivity index (χ3v) is 2.22. The smallest absolute Gasteiger partial charge is 0.344 e. The van der Waals surface area contributed by atoms with Crippen LogP contribution in [0.1, 0.15) is 34.6 Å². The van der Waals surface area contributed by atoms with Gasteiger partial charge in [-0.2, -0.15) is 0 Å². The Bertz CT molecular complexity index is 479. The molecule has 1 aromatic carbocycles. The molecule has 0 saturated heterocycles. The minimum Gasteiger partial charge on any atom is -0.462 e. The molecule has 110 valence electrons. The largest absolute Gasteiger partial charge is 0.462 e. The van der Waals surface area contributed by atoms with Gasteiger partial charge in [0.2, 0.25) is 0 Å². The Hall–Kier alpha value is -2.12. The average molecular weight is 294 g/mol. The van der Waals surface area contributed by atoms with Gasteiger partial charge in [-0.15, -0.1) is 0 Å². The molecule has 0 aliphatic carbocycles. The standard InChI is InChI=1S/C12H10F4O4/c1-3-19-11(17)5-7(13)9(15)6(10(16)8(5)14)12(18)20-4-2/h3-4H2,1-2H3. The number of hydrogen-bond acceptors (Lipinski definition) is 4. The van der Waals surface area contributed by atoms with Crippen molar-refractivity contribution in [2.45, 2.75) is 13.8 Å². The lowest BCUT2D eigenvalue weighted by Gasteiger charge is -2.10. The molecule has 0 aromatic heterocycles. The molecule has 0 N–H and O–H groups in total. The first-order chi connectivity index (χ1) is 9.36. The molecule has 0 amide bonds. The molecule has 0 atom stereocenters. The van der Waals surface area contributed by atoms with Crippen molar-refractivity contribution >= 4 is 11.9 Å². The van der Waals surface area contributed by atoms with Crippen molar-refractivity contribution in [2.75, 3.05) is 13.2 Å². The zero-order valence-electron chi connectivity index (χ0n) is 10.6. The molecule has 0 bridgehead atoms. The van der Waals surface area contributed by atoms with E-state index in [1.54, 1.807) is 0 Å². The van der Waals surface area contributed by atoms with Crippen LogP contribution in [-0.2, 0) is 9.47 Å². The third-order valence-electron chi connectivity index (χ3n) is 2.22. The fourth-order valence-corrected chi connectivity index (χ4v) is 1.40. The van der Waals surface area contributed by atoms with Gasteiger partial charge in [-0.3, -0.25) is 0 Å². The second-order valence-electron chi connectivity index (χ2n) is 3.45. The van der Waals surface area contributed by atoms with E-state index in [1.165, 1.54) is 13.8 Å². The number of hydrogen-bond donors (Lipinski definition) is 0. The molecule has 1 aromatic rings. The summed E-state index contributed by atoms with van der Waals surface area (Å²) in [7, 11) is 0. The SMILES string of the molecule is CCOC(=O)c1c(F)c(F)c(C(=O)OCC)c(F)c1F. The molecular formula is C12H10F4O4. The van der Waals surface area contributed by atoms with Gasteiger partial charge >= 0.3 is 11.9 Å². The summed E-state index contributed by atoms with van der Waals surface area (Å²) < 4.78 is 62.9. The zero-order chi connectivity index (χ0) is 15.4. The van der Waals surface area contributed by atoms with Gasteiger partial charge in [0.25, 0.3) is 0 Å². The summed E-state index contributed by atoms with van der Waals surface area (Å²) in [5.74, 6) is -11.2. The van der Waals surface area contributed by atoms with Crippen LogP contribution in [0, 0.1) is 23.3 Å². The first kappa shape index (κ1) is 15.9. The first-order valence-electron chi connectivity index (χ1n) is 5.56. The van der Waals surface area contributed by atoms with Crippen LogP contribution in [0.5, 0.6) is 0 Å². The molecule has 0 unspecified atom stereocenters. The van der Waals surface area contributed by atoms with Crippen LogP contribution in [0.25, 0.3) is 0 Å². The quantitative estimate of drug-likeness (QED) is 0.486. The lowest BCUT2D eigenvalue weighted by atomic mass is 10.1. The van der Waals surface area contributed by atoms with Crippen LogP contribution < -0.4 is 0 Å². The Labute approximate surface area is 111 Å². The average Bonchev–Trinajstić information content (AvgIpc) is 2.37. The van der Waals surface area contributed by atoms with Crippen molar-refractivity contribution in [3.8, 4) is 0 Å². The summed E-state index contributed by atoms with van der Waals surface area (Å²) in [6.45, 7) is 2.18. The van der Waals surface area contributed by atoms with Crippen LogP contribution in [0.3, 0.4) is 0 Å². The minimum absolute atomic E-state index is 0.249. The Kier molecular flexibility index (Phi) is 5.06. The Morgan fingerprint density at radius 3 is 1.20 bits per heavy atom. The van der Waals surface area contributed by atoms with E-state index >= 15 is 0 Å². The van der Waals surface area contributed by atoms with E-state index in [1.807, 2.05) is 0 Å². The number of ether oxygens (including phenoxy) is 2. The second-order valence-corrected chi connectivity index (χ2v) is 3.45. The lowest BCUT2D eigenvalue weighted by Crippen LogP contribution is -2.19. The molecule has 0 spiro atoms. The van der Waals surface area contributed by atoms with Gasteiger partial charge in [-0.25, -0.2) is 27.2 Å². The van der Waals surface area contributed by atoms with Gasteiger partial charge in [-0.1, -0.05) is 0 Å². The van der Waals surface area contributed by atoms with E-state index in [0.29, 0.717) is 0 Å². The number of benzene rings is 1. The van der Waals surface area contributed by atoms with Crippen molar-refractivity contribution in [1.29, 1.82) is 0 Å². The maximum absolute atomic E-state index is 13.6. The highest BCUT2D eigenvalue weighted by atomic mass is 19.2. The first-order valence-corrected chi connectivity index (χ1v) is 5.56. The summed E-state index contributed by atoms with van der Waals surface area (Å²) >= 11 is 0. The van der Waals surface area contributed by atoms with E-state index < -0.39 is 46.3 Å². The third kappa shape index (κ3) is 2.73. The number of esters is 2. The van der Waals surface area contributed by atoms with Crippen LogP contribution in [0.15, 0.2) is 0 Å². The predicted octanol–water partition coefficient (Wildman–Crippen LogP) is 2.60. The van der Waals surface area contributed by atoms with Crippen LogP contribution in [-0.4, -0.2) is 25.2 Å². The normalized spacial score (nSPS) is 10.3. The fourth-order valence-electron chi connectivity index (χ4n) is 1.40. The van der Waals surface area contributed by atoms with Crippen molar-refractivity contribution in [1.82, 2.24) is 0 Å². The molecule has 20 heavy (non-hydrogen) atoms. The summed E-state index contributed by atoms with van der Waals surface area (Å²) in [5.41, 5.74) is -3.07. The molecule has 0 radical (unpaired) electrons. The van der Waals surface area contributed by atoms with Gasteiger partial charge < -0.3 is 9.47 Å². The monoisotopic (exact) mass is 294 g/mol. The van der Waals surface area contributed by atoms with Crippen LogP contribution in [0.2, 0.25) is 0 Å². The maximum Gasteiger partial charge on any atom is 0.344 e. The molecule has 4 nitrogen and oxygen atoms in total. The topological polar surface area (TPSA) is 52.6 Å². The summed E-state index contributed by atoms with van der Waals surface area (Å²) in [5, 5.41) is 0. The van der Waals surface area contributed by atoms with Gasteiger partial charge in [0, 0.05) is 0 Å². The predicted molar refractivity (Wildman–Crippen MR) is 58.2 cm³/mol. The summed E-state index contributed by atoms with van der Waals surface area (Å²) in [4.78, 5) is 22.5. The lowest BCUT2D eigenvalue weighted by molar-refractivity contribution is 0.0488. The van der Waals surface area contributed by atoms with Crippen LogP contribution >= 0.6 is 0 Å². The molecule has 0 heterocycles. The van der Waals surface area contributed by atoms with Crippen molar-refractivity contribution in [3.63, 3.8) is 0 Å². The number of rotatable bonds is 4. The van der Waals surface area contributed by atoms with Gasteiger partial charge in [-0.05, 0) is 13.8 Å². The van der Waals surface area contributed by atoms with Crippen molar-refractivity contribution in [2.24, 2.45) is 0 Å². The fraction of sp³-hybridized carbons (Fsp3) is 0.333. The molecule has 0 aliphatic heterocycles. The molecular weight excluding hydrogens is 284 g/mol. The van der Waals surface area contributed by atoms with Gasteiger partial charge in [0.05, 0.1) is 13.2 Å². The van der Waals surface area contributed by atoms with E-state index in [2.05, 4.69) is 9.47 Å². The van der Waals surface area contributed by atoms with Crippen LogP contribution in [0.4, 0.5) is 17.6 Å². The maximum atomic E-state index is 13.6. The molecule has 0 fully saturated rings. The summed E-state index contributed by atoms with van der Waals surface area (Å²) in [6.07, 6.45) is 0. The minimum atomic E-state index is -2.01. The highest BCUT2D eigenvalue weighted by Crippen LogP contribution is 2.25. The zero-order valence-corrected chi connectivity index (χ0v) is 10.6. The Morgan fingerprint density at radius 1 is 0.750 bits per heavy atom. The number of carbonyl (C=O) groups excluding carboxylic acids is 2. The number of carbonyl (C=O) groups is 2. The highest BCUT2D eigenvalue weighted by Gasteiger charge is 2.33. The van der Waals surface area contributed by atoms with E-state index in [9.17, 15) is 27.2 Å². The molecule has 0 aliphatic rings. The van der Waals surface area contributed by atoms with E-state index in [0.717, 1.165) is 0 Å². The Balaban J connectivity index is 3.49. The van der Waals surface area contributed by atoms with E-state index in [4.69, 9.17) is 0 Å². The highest BCUT2D eigenvalue weighted by molar-refractivity contribution is 5.94. The van der Waals surface area contributed by atoms with Crippen molar-refractivity contribution in [3.05, 3.63) is 34.4 Å². The molecule has 8 heteroatoms. The van der Waals surface area contributed by atoms with Crippen molar-refractivity contribution < 1.29 is 36.6 Å². The second kappa shape index (κ2) is 6.36. The molecule has 1 rings (SSSR count). The van der Waals surface area contributed by atoms with E-state index in [-0.39, 0.29) is 13.2 Å². The Morgan fingerprint density at radius 2 is 1.00 bits per heavy atom. The summed E-state index contributed by atoms with van der Waals surface area (Å²) in [6, 6.07) is 0.